The molecule has 0 amide bonds. The molecule has 1 atom stereocenters. The molecule has 16 heavy (non-hydrogen) atoms. The summed E-state index contributed by atoms with van der Waals surface area (Å²) in [5.41, 5.74) is 3.49. The smallest absolute Gasteiger partial charge is 0.0700 e. The van der Waals surface area contributed by atoms with Crippen molar-refractivity contribution in [1.29, 1.82) is 0 Å². The van der Waals surface area contributed by atoms with Crippen molar-refractivity contribution in [3.05, 3.63) is 29.1 Å². The summed E-state index contributed by atoms with van der Waals surface area (Å²) in [7, 11) is 0. The van der Waals surface area contributed by atoms with Crippen LogP contribution in [0, 0.1) is 13.8 Å². The van der Waals surface area contributed by atoms with Crippen molar-refractivity contribution < 1.29 is 4.74 Å². The van der Waals surface area contributed by atoms with E-state index in [1.165, 1.54) is 18.4 Å². The highest BCUT2D eigenvalue weighted by Gasteiger charge is 2.14. The lowest BCUT2D eigenvalue weighted by Gasteiger charge is -2.11. The molecule has 88 valence electrons. The topological polar surface area (TPSA) is 34.1 Å². The fraction of sp³-hybridized carbons (Fsp3) is 0.615. The van der Waals surface area contributed by atoms with Crippen molar-refractivity contribution in [2.45, 2.75) is 39.3 Å². The Balaban J connectivity index is 1.80. The zero-order valence-corrected chi connectivity index (χ0v) is 10.1. The number of pyridine rings is 1. The number of aryl methyl sites for hydroxylation is 2. The molecule has 1 aromatic rings. The maximum absolute atomic E-state index is 5.56. The van der Waals surface area contributed by atoms with E-state index in [9.17, 15) is 0 Å². The molecule has 0 spiro atoms. The average Bonchev–Trinajstić information content (AvgIpc) is 2.74. The van der Waals surface area contributed by atoms with Crippen molar-refractivity contribution in [3.63, 3.8) is 0 Å². The molecule has 1 aliphatic rings. The average molecular weight is 220 g/mol. The monoisotopic (exact) mass is 220 g/mol. The Morgan fingerprint density at radius 1 is 1.44 bits per heavy atom. The fourth-order valence-electron chi connectivity index (χ4n) is 2.08. The SMILES string of the molecule is Cc1ccc(CNCC2CCCO2)c(C)n1. The van der Waals surface area contributed by atoms with Crippen LogP contribution in [-0.4, -0.2) is 24.2 Å². The van der Waals surface area contributed by atoms with Gasteiger partial charge in [0.05, 0.1) is 6.10 Å². The molecular formula is C13H20N2O. The number of ether oxygens (including phenoxy) is 1. The lowest BCUT2D eigenvalue weighted by molar-refractivity contribution is 0.110. The van der Waals surface area contributed by atoms with Crippen molar-refractivity contribution in [2.75, 3.05) is 13.2 Å². The van der Waals surface area contributed by atoms with Gasteiger partial charge in [0, 0.05) is 31.1 Å². The van der Waals surface area contributed by atoms with E-state index in [-0.39, 0.29) is 0 Å². The first-order valence-corrected chi connectivity index (χ1v) is 6.01. The summed E-state index contributed by atoms with van der Waals surface area (Å²) in [4.78, 5) is 4.45. The summed E-state index contributed by atoms with van der Waals surface area (Å²) in [5, 5.41) is 3.44. The molecule has 1 aromatic heterocycles. The van der Waals surface area contributed by atoms with Crippen molar-refractivity contribution in [1.82, 2.24) is 10.3 Å². The van der Waals surface area contributed by atoms with Gasteiger partial charge < -0.3 is 10.1 Å². The third kappa shape index (κ3) is 3.03. The summed E-state index contributed by atoms with van der Waals surface area (Å²) in [6, 6.07) is 4.22. The van der Waals surface area contributed by atoms with Gasteiger partial charge in [-0.15, -0.1) is 0 Å². The van der Waals surface area contributed by atoms with Crippen LogP contribution in [0.15, 0.2) is 12.1 Å². The molecule has 0 aliphatic carbocycles. The Morgan fingerprint density at radius 2 is 2.31 bits per heavy atom. The van der Waals surface area contributed by atoms with Crippen LogP contribution in [0.5, 0.6) is 0 Å². The Labute approximate surface area is 97.2 Å². The normalized spacial score (nSPS) is 20.2. The minimum absolute atomic E-state index is 0.415. The number of rotatable bonds is 4. The maximum Gasteiger partial charge on any atom is 0.0700 e. The second kappa shape index (κ2) is 5.41. The number of hydrogen-bond donors (Lipinski definition) is 1. The lowest BCUT2D eigenvalue weighted by Crippen LogP contribution is -2.26. The van der Waals surface area contributed by atoms with Crippen LogP contribution in [0.1, 0.15) is 29.8 Å². The summed E-state index contributed by atoms with van der Waals surface area (Å²) in [6.45, 7) is 6.86. The third-order valence-corrected chi connectivity index (χ3v) is 3.05. The van der Waals surface area contributed by atoms with Gasteiger partial charge in [0.25, 0.3) is 0 Å². The van der Waals surface area contributed by atoms with E-state index in [4.69, 9.17) is 4.74 Å². The van der Waals surface area contributed by atoms with E-state index in [1.807, 2.05) is 6.92 Å². The first-order valence-electron chi connectivity index (χ1n) is 6.01. The molecular weight excluding hydrogens is 200 g/mol. The highest BCUT2D eigenvalue weighted by atomic mass is 16.5. The maximum atomic E-state index is 5.56. The molecule has 1 aliphatic heterocycles. The summed E-state index contributed by atoms with van der Waals surface area (Å²) < 4.78 is 5.56. The van der Waals surface area contributed by atoms with Crippen molar-refractivity contribution in [2.24, 2.45) is 0 Å². The zero-order valence-electron chi connectivity index (χ0n) is 10.1. The van der Waals surface area contributed by atoms with Gasteiger partial charge in [-0.2, -0.15) is 0 Å². The van der Waals surface area contributed by atoms with Gasteiger partial charge in [0.2, 0.25) is 0 Å². The first kappa shape index (κ1) is 11.6. The number of nitrogens with one attached hydrogen (secondary N) is 1. The molecule has 0 aromatic carbocycles. The molecule has 1 N–H and O–H groups in total. The zero-order chi connectivity index (χ0) is 11.4. The largest absolute Gasteiger partial charge is 0.377 e. The van der Waals surface area contributed by atoms with E-state index < -0.39 is 0 Å². The number of aromatic nitrogens is 1. The Morgan fingerprint density at radius 3 is 3.00 bits per heavy atom. The van der Waals surface area contributed by atoms with Crippen molar-refractivity contribution >= 4 is 0 Å². The summed E-state index contributed by atoms with van der Waals surface area (Å²) in [5.74, 6) is 0. The van der Waals surface area contributed by atoms with Gasteiger partial charge in [0.1, 0.15) is 0 Å². The van der Waals surface area contributed by atoms with Gasteiger partial charge in [-0.25, -0.2) is 0 Å². The standard InChI is InChI=1S/C13H20N2O/c1-10-5-6-12(11(2)15-10)8-14-9-13-4-3-7-16-13/h5-6,13-14H,3-4,7-9H2,1-2H3. The second-order valence-electron chi connectivity index (χ2n) is 4.46. The van der Waals surface area contributed by atoms with E-state index in [2.05, 4.69) is 29.4 Å². The van der Waals surface area contributed by atoms with E-state index in [1.54, 1.807) is 0 Å². The van der Waals surface area contributed by atoms with Gasteiger partial charge in [-0.3, -0.25) is 4.98 Å². The summed E-state index contributed by atoms with van der Waals surface area (Å²) >= 11 is 0. The number of hydrogen-bond acceptors (Lipinski definition) is 3. The minimum atomic E-state index is 0.415. The molecule has 3 heteroatoms. The molecule has 2 rings (SSSR count). The Bertz CT molecular complexity index is 346. The van der Waals surface area contributed by atoms with Gasteiger partial charge >= 0.3 is 0 Å². The Hall–Kier alpha value is -0.930. The molecule has 0 bridgehead atoms. The Kier molecular flexibility index (Phi) is 3.91. The molecule has 0 saturated carbocycles. The first-order chi connectivity index (χ1) is 7.75. The van der Waals surface area contributed by atoms with Crippen molar-refractivity contribution in [3.8, 4) is 0 Å². The molecule has 1 unspecified atom stereocenters. The number of nitrogens with zero attached hydrogens (tertiary/aromatic N) is 1. The van der Waals surface area contributed by atoms with E-state index in [0.717, 1.165) is 31.1 Å². The van der Waals surface area contributed by atoms with Crippen LogP contribution in [0.2, 0.25) is 0 Å². The summed E-state index contributed by atoms with van der Waals surface area (Å²) in [6.07, 6.45) is 2.81. The van der Waals surface area contributed by atoms with Crippen LogP contribution in [0.4, 0.5) is 0 Å². The quantitative estimate of drug-likeness (QED) is 0.842. The van der Waals surface area contributed by atoms with Crippen LogP contribution < -0.4 is 5.32 Å². The molecule has 2 heterocycles. The molecule has 1 saturated heterocycles. The molecule has 3 nitrogen and oxygen atoms in total. The van der Waals surface area contributed by atoms with E-state index in [0.29, 0.717) is 6.10 Å². The van der Waals surface area contributed by atoms with Crippen LogP contribution in [-0.2, 0) is 11.3 Å². The highest BCUT2D eigenvalue weighted by molar-refractivity contribution is 5.21. The third-order valence-electron chi connectivity index (χ3n) is 3.05. The molecule has 1 fully saturated rings. The fourth-order valence-corrected chi connectivity index (χ4v) is 2.08. The van der Waals surface area contributed by atoms with E-state index >= 15 is 0 Å². The highest BCUT2D eigenvalue weighted by Crippen LogP contribution is 2.11. The minimum Gasteiger partial charge on any atom is -0.377 e. The van der Waals surface area contributed by atoms with Crippen LogP contribution in [0.25, 0.3) is 0 Å². The van der Waals surface area contributed by atoms with Gasteiger partial charge in [0.15, 0.2) is 0 Å². The lowest BCUT2D eigenvalue weighted by atomic mass is 10.2. The second-order valence-corrected chi connectivity index (χ2v) is 4.46. The van der Waals surface area contributed by atoms with Crippen LogP contribution >= 0.6 is 0 Å². The van der Waals surface area contributed by atoms with Crippen LogP contribution in [0.3, 0.4) is 0 Å². The molecule has 0 radical (unpaired) electrons. The predicted molar refractivity (Wildman–Crippen MR) is 64.4 cm³/mol. The van der Waals surface area contributed by atoms with Gasteiger partial charge in [-0.05, 0) is 38.3 Å². The predicted octanol–water partition coefficient (Wildman–Crippen LogP) is 1.97. The van der Waals surface area contributed by atoms with Gasteiger partial charge in [-0.1, -0.05) is 6.07 Å².